The summed E-state index contributed by atoms with van der Waals surface area (Å²) in [6.45, 7) is 6.89. The molecule has 0 aromatic rings. The van der Waals surface area contributed by atoms with Crippen LogP contribution < -0.4 is 10.6 Å². The van der Waals surface area contributed by atoms with Crippen molar-refractivity contribution in [2.24, 2.45) is 5.92 Å². The summed E-state index contributed by atoms with van der Waals surface area (Å²) in [6.07, 6.45) is 4.74. The predicted molar refractivity (Wildman–Crippen MR) is 73.3 cm³/mol. The van der Waals surface area contributed by atoms with Crippen LogP contribution in [0.25, 0.3) is 0 Å². The van der Waals surface area contributed by atoms with Crippen molar-refractivity contribution in [2.45, 2.75) is 71.1 Å². The second-order valence-corrected chi connectivity index (χ2v) is 5.82. The molecule has 0 aromatic carbocycles. The molecule has 0 saturated heterocycles. The quantitative estimate of drug-likeness (QED) is 0.674. The SMILES string of the molecule is CC(C)CCNC(=O)C(C)NC1CCCCC1O. The van der Waals surface area contributed by atoms with E-state index in [0.29, 0.717) is 5.92 Å². The number of nitrogens with one attached hydrogen (secondary N) is 2. The zero-order chi connectivity index (χ0) is 13.5. The van der Waals surface area contributed by atoms with Crippen LogP contribution in [0.3, 0.4) is 0 Å². The molecule has 1 aliphatic carbocycles. The van der Waals surface area contributed by atoms with Crippen LogP contribution in [0.1, 0.15) is 52.9 Å². The van der Waals surface area contributed by atoms with Gasteiger partial charge in [-0.05, 0) is 32.1 Å². The number of amides is 1. The van der Waals surface area contributed by atoms with Crippen molar-refractivity contribution < 1.29 is 9.90 Å². The lowest BCUT2D eigenvalue weighted by atomic mass is 9.92. The van der Waals surface area contributed by atoms with Gasteiger partial charge >= 0.3 is 0 Å². The first-order valence-electron chi connectivity index (χ1n) is 7.22. The van der Waals surface area contributed by atoms with E-state index in [0.717, 1.165) is 38.6 Å². The summed E-state index contributed by atoms with van der Waals surface area (Å²) in [7, 11) is 0. The Labute approximate surface area is 111 Å². The molecule has 0 radical (unpaired) electrons. The first-order chi connectivity index (χ1) is 8.50. The smallest absolute Gasteiger partial charge is 0.236 e. The van der Waals surface area contributed by atoms with Gasteiger partial charge in [0.2, 0.25) is 5.91 Å². The van der Waals surface area contributed by atoms with E-state index in [2.05, 4.69) is 24.5 Å². The highest BCUT2D eigenvalue weighted by molar-refractivity contribution is 5.81. The van der Waals surface area contributed by atoms with Crippen LogP contribution in [0.15, 0.2) is 0 Å². The standard InChI is InChI=1S/C14H28N2O2/c1-10(2)8-9-15-14(18)11(3)16-12-6-4-5-7-13(12)17/h10-13,16-17H,4-9H2,1-3H3,(H,15,18). The van der Waals surface area contributed by atoms with Gasteiger partial charge in [-0.15, -0.1) is 0 Å². The summed E-state index contributed by atoms with van der Waals surface area (Å²) in [6, 6.07) is -0.153. The highest BCUT2D eigenvalue weighted by Gasteiger charge is 2.25. The van der Waals surface area contributed by atoms with Crippen LogP contribution in [0.2, 0.25) is 0 Å². The van der Waals surface area contributed by atoms with Crippen molar-refractivity contribution in [3.8, 4) is 0 Å². The number of hydrogen-bond acceptors (Lipinski definition) is 3. The Balaban J connectivity index is 2.25. The average Bonchev–Trinajstić information content (AvgIpc) is 2.31. The fraction of sp³-hybridized carbons (Fsp3) is 0.929. The van der Waals surface area contributed by atoms with Gasteiger partial charge in [0.05, 0.1) is 12.1 Å². The Hall–Kier alpha value is -0.610. The minimum Gasteiger partial charge on any atom is -0.392 e. The lowest BCUT2D eigenvalue weighted by Gasteiger charge is -2.30. The van der Waals surface area contributed by atoms with Gasteiger partial charge in [-0.25, -0.2) is 0 Å². The van der Waals surface area contributed by atoms with Gasteiger partial charge in [0.15, 0.2) is 0 Å². The van der Waals surface area contributed by atoms with E-state index >= 15 is 0 Å². The molecule has 4 nitrogen and oxygen atoms in total. The van der Waals surface area contributed by atoms with Crippen LogP contribution in [-0.4, -0.2) is 35.7 Å². The summed E-state index contributed by atoms with van der Waals surface area (Å²) in [5, 5.41) is 16.0. The maximum absolute atomic E-state index is 11.8. The summed E-state index contributed by atoms with van der Waals surface area (Å²) in [5.74, 6) is 0.641. The number of aliphatic hydroxyl groups excluding tert-OH is 1. The number of aliphatic hydroxyl groups is 1. The molecule has 1 amide bonds. The molecule has 3 atom stereocenters. The predicted octanol–water partition coefficient (Wildman–Crippen LogP) is 1.43. The van der Waals surface area contributed by atoms with Gasteiger partial charge < -0.3 is 15.7 Å². The third-order valence-corrected chi connectivity index (χ3v) is 3.61. The molecule has 3 N–H and O–H groups in total. The first kappa shape index (κ1) is 15.4. The van der Waals surface area contributed by atoms with E-state index in [1.54, 1.807) is 0 Å². The van der Waals surface area contributed by atoms with E-state index < -0.39 is 0 Å². The lowest BCUT2D eigenvalue weighted by Crippen LogP contribution is -2.51. The molecule has 0 aliphatic heterocycles. The van der Waals surface area contributed by atoms with E-state index in [1.807, 2.05) is 6.92 Å². The molecule has 1 saturated carbocycles. The molecule has 106 valence electrons. The number of carbonyl (C=O) groups is 1. The fourth-order valence-electron chi connectivity index (χ4n) is 2.34. The molecular weight excluding hydrogens is 228 g/mol. The van der Waals surface area contributed by atoms with Gasteiger partial charge in [-0.2, -0.15) is 0 Å². The Bertz CT molecular complexity index is 256. The van der Waals surface area contributed by atoms with Crippen molar-refractivity contribution in [1.29, 1.82) is 0 Å². The van der Waals surface area contributed by atoms with Gasteiger partial charge in [0, 0.05) is 12.6 Å². The Morgan fingerprint density at radius 3 is 2.56 bits per heavy atom. The Morgan fingerprint density at radius 2 is 1.94 bits per heavy atom. The Kier molecular flexibility index (Phi) is 6.65. The lowest BCUT2D eigenvalue weighted by molar-refractivity contribution is -0.123. The molecule has 4 heteroatoms. The molecule has 0 heterocycles. The Morgan fingerprint density at radius 1 is 1.28 bits per heavy atom. The van der Waals surface area contributed by atoms with Crippen LogP contribution in [0.5, 0.6) is 0 Å². The molecular formula is C14H28N2O2. The van der Waals surface area contributed by atoms with Crippen molar-refractivity contribution in [1.82, 2.24) is 10.6 Å². The maximum Gasteiger partial charge on any atom is 0.236 e. The molecule has 1 aliphatic rings. The molecule has 0 aromatic heterocycles. The summed E-state index contributed by atoms with van der Waals surface area (Å²) < 4.78 is 0. The summed E-state index contributed by atoms with van der Waals surface area (Å²) >= 11 is 0. The zero-order valence-electron chi connectivity index (χ0n) is 11.9. The highest BCUT2D eigenvalue weighted by atomic mass is 16.3. The third kappa shape index (κ3) is 5.36. The van der Waals surface area contributed by atoms with E-state index in [1.165, 1.54) is 0 Å². The molecule has 1 rings (SSSR count). The minimum absolute atomic E-state index is 0.0356. The minimum atomic E-state index is -0.301. The fourth-order valence-corrected chi connectivity index (χ4v) is 2.34. The highest BCUT2D eigenvalue weighted by Crippen LogP contribution is 2.18. The van der Waals surface area contributed by atoms with Crippen molar-refractivity contribution in [3.63, 3.8) is 0 Å². The van der Waals surface area contributed by atoms with Gasteiger partial charge in [-0.1, -0.05) is 26.7 Å². The second kappa shape index (κ2) is 7.74. The molecule has 0 bridgehead atoms. The van der Waals surface area contributed by atoms with Crippen LogP contribution in [0.4, 0.5) is 0 Å². The van der Waals surface area contributed by atoms with Crippen LogP contribution in [-0.2, 0) is 4.79 Å². The van der Waals surface area contributed by atoms with Gasteiger partial charge in [-0.3, -0.25) is 4.79 Å². The van der Waals surface area contributed by atoms with E-state index in [-0.39, 0.29) is 24.1 Å². The largest absolute Gasteiger partial charge is 0.392 e. The number of rotatable bonds is 6. The average molecular weight is 256 g/mol. The van der Waals surface area contributed by atoms with Crippen molar-refractivity contribution in [2.75, 3.05) is 6.54 Å². The summed E-state index contributed by atoms with van der Waals surface area (Å²) in [5.41, 5.74) is 0. The molecule has 0 spiro atoms. The van der Waals surface area contributed by atoms with E-state index in [4.69, 9.17) is 0 Å². The topological polar surface area (TPSA) is 61.4 Å². The monoisotopic (exact) mass is 256 g/mol. The van der Waals surface area contributed by atoms with Gasteiger partial charge in [0.1, 0.15) is 0 Å². The van der Waals surface area contributed by atoms with Gasteiger partial charge in [0.25, 0.3) is 0 Å². The number of carbonyl (C=O) groups excluding carboxylic acids is 1. The summed E-state index contributed by atoms with van der Waals surface area (Å²) in [4.78, 5) is 11.8. The number of hydrogen-bond donors (Lipinski definition) is 3. The van der Waals surface area contributed by atoms with E-state index in [9.17, 15) is 9.90 Å². The zero-order valence-corrected chi connectivity index (χ0v) is 11.9. The molecule has 1 fully saturated rings. The maximum atomic E-state index is 11.8. The first-order valence-corrected chi connectivity index (χ1v) is 7.22. The van der Waals surface area contributed by atoms with Crippen molar-refractivity contribution >= 4 is 5.91 Å². The van der Waals surface area contributed by atoms with Crippen LogP contribution >= 0.6 is 0 Å². The van der Waals surface area contributed by atoms with Crippen molar-refractivity contribution in [3.05, 3.63) is 0 Å². The molecule has 3 unspecified atom stereocenters. The third-order valence-electron chi connectivity index (χ3n) is 3.61. The van der Waals surface area contributed by atoms with Crippen LogP contribution in [0, 0.1) is 5.92 Å². The normalized spacial score (nSPS) is 26.1. The molecule has 18 heavy (non-hydrogen) atoms. The second-order valence-electron chi connectivity index (χ2n) is 5.82.